The van der Waals surface area contributed by atoms with Crippen molar-refractivity contribution in [1.29, 1.82) is 0 Å². The first-order chi connectivity index (χ1) is 12.8. The van der Waals surface area contributed by atoms with Crippen LogP contribution in [0.3, 0.4) is 0 Å². The third-order valence-corrected chi connectivity index (χ3v) is 4.06. The maximum Gasteiger partial charge on any atom is 0.138 e. The van der Waals surface area contributed by atoms with Crippen LogP contribution >= 0.6 is 0 Å². The van der Waals surface area contributed by atoms with Crippen LogP contribution in [0.15, 0.2) is 71.5 Å². The summed E-state index contributed by atoms with van der Waals surface area (Å²) in [6.45, 7) is 0. The Kier molecular flexibility index (Phi) is 4.19. The van der Waals surface area contributed by atoms with Gasteiger partial charge in [0.2, 0.25) is 0 Å². The third kappa shape index (κ3) is 3.07. The zero-order valence-corrected chi connectivity index (χ0v) is 14.4. The highest BCUT2D eigenvalue weighted by Gasteiger charge is 2.10. The van der Waals surface area contributed by atoms with E-state index in [0.717, 1.165) is 22.2 Å². The number of hydrogen-bond acceptors (Lipinski definition) is 5. The maximum absolute atomic E-state index is 6.12. The molecule has 0 saturated carbocycles. The van der Waals surface area contributed by atoms with Crippen molar-refractivity contribution in [3.05, 3.63) is 67.1 Å². The fourth-order valence-electron chi connectivity index (χ4n) is 2.77. The molecule has 0 aliphatic carbocycles. The van der Waals surface area contributed by atoms with Gasteiger partial charge in [0.25, 0.3) is 0 Å². The van der Waals surface area contributed by atoms with Gasteiger partial charge in [0.05, 0.1) is 26.0 Å². The molecular weight excluding hydrogens is 330 g/mol. The minimum Gasteiger partial charge on any atom is -0.496 e. The highest BCUT2D eigenvalue weighted by Crippen LogP contribution is 2.35. The number of rotatable bonds is 5. The van der Waals surface area contributed by atoms with Crippen molar-refractivity contribution < 1.29 is 18.6 Å². The Balaban J connectivity index is 1.78. The molecule has 130 valence electrons. The average molecular weight is 347 g/mol. The predicted octanol–water partition coefficient (Wildman–Crippen LogP) is 5.30. The molecule has 0 unspecified atom stereocenters. The molecule has 0 aliphatic heterocycles. The van der Waals surface area contributed by atoms with Crippen molar-refractivity contribution in [1.82, 2.24) is 4.98 Å². The van der Waals surface area contributed by atoms with Gasteiger partial charge in [0.15, 0.2) is 0 Å². The number of aromatic nitrogens is 1. The van der Waals surface area contributed by atoms with Crippen molar-refractivity contribution in [3.8, 4) is 34.3 Å². The van der Waals surface area contributed by atoms with E-state index < -0.39 is 0 Å². The molecule has 0 amide bonds. The van der Waals surface area contributed by atoms with E-state index in [1.165, 1.54) is 0 Å². The Morgan fingerprint density at radius 3 is 2.31 bits per heavy atom. The lowest BCUT2D eigenvalue weighted by Gasteiger charge is -2.12. The number of pyridine rings is 1. The molecule has 0 fully saturated rings. The van der Waals surface area contributed by atoms with Crippen LogP contribution < -0.4 is 14.2 Å². The van der Waals surface area contributed by atoms with E-state index in [4.69, 9.17) is 18.6 Å². The van der Waals surface area contributed by atoms with Crippen LogP contribution in [0.1, 0.15) is 0 Å². The van der Waals surface area contributed by atoms with Gasteiger partial charge in [-0.25, -0.2) is 0 Å². The van der Waals surface area contributed by atoms with E-state index in [1.807, 2.05) is 48.5 Å². The summed E-state index contributed by atoms with van der Waals surface area (Å²) in [4.78, 5) is 4.41. The number of methoxy groups -OCH3 is 2. The van der Waals surface area contributed by atoms with Gasteiger partial charge in [-0.3, -0.25) is 4.98 Å². The lowest BCUT2D eigenvalue weighted by Crippen LogP contribution is -1.92. The van der Waals surface area contributed by atoms with E-state index in [2.05, 4.69) is 4.98 Å². The van der Waals surface area contributed by atoms with Crippen LogP contribution in [0.2, 0.25) is 0 Å². The predicted molar refractivity (Wildman–Crippen MR) is 99.1 cm³/mol. The van der Waals surface area contributed by atoms with Gasteiger partial charge >= 0.3 is 0 Å². The van der Waals surface area contributed by atoms with Gasteiger partial charge in [-0.15, -0.1) is 0 Å². The highest BCUT2D eigenvalue weighted by atomic mass is 16.5. The van der Waals surface area contributed by atoms with Crippen LogP contribution in [-0.2, 0) is 0 Å². The lowest BCUT2D eigenvalue weighted by atomic mass is 10.1. The third-order valence-electron chi connectivity index (χ3n) is 4.06. The molecule has 0 bridgehead atoms. The number of hydrogen-bond donors (Lipinski definition) is 0. The summed E-state index contributed by atoms with van der Waals surface area (Å²) in [6.07, 6.45) is 3.38. The number of benzene rings is 2. The van der Waals surface area contributed by atoms with Crippen LogP contribution in [0.4, 0.5) is 0 Å². The van der Waals surface area contributed by atoms with E-state index in [9.17, 15) is 0 Å². The van der Waals surface area contributed by atoms with Crippen LogP contribution in [0.25, 0.3) is 22.2 Å². The highest BCUT2D eigenvalue weighted by molar-refractivity contribution is 5.89. The number of ether oxygens (including phenoxy) is 3. The Labute approximate surface area is 150 Å². The topological polar surface area (TPSA) is 53.7 Å². The lowest BCUT2D eigenvalue weighted by molar-refractivity contribution is 0.387. The van der Waals surface area contributed by atoms with E-state index in [1.54, 1.807) is 32.7 Å². The Morgan fingerprint density at radius 1 is 0.846 bits per heavy atom. The van der Waals surface area contributed by atoms with Crippen LogP contribution in [0, 0.1) is 0 Å². The largest absolute Gasteiger partial charge is 0.496 e. The molecule has 4 aromatic rings. The summed E-state index contributed by atoms with van der Waals surface area (Å²) in [7, 11) is 3.21. The van der Waals surface area contributed by atoms with Gasteiger partial charge in [-0.05, 0) is 36.4 Å². The van der Waals surface area contributed by atoms with Crippen molar-refractivity contribution in [2.45, 2.75) is 0 Å². The zero-order valence-electron chi connectivity index (χ0n) is 14.4. The molecule has 0 spiro atoms. The Morgan fingerprint density at radius 2 is 1.62 bits per heavy atom. The van der Waals surface area contributed by atoms with Gasteiger partial charge in [-0.1, -0.05) is 0 Å². The smallest absolute Gasteiger partial charge is 0.138 e. The molecule has 4 rings (SSSR count). The molecule has 0 radical (unpaired) electrons. The van der Waals surface area contributed by atoms with Gasteiger partial charge in [-0.2, -0.15) is 0 Å². The zero-order chi connectivity index (χ0) is 17.9. The molecule has 2 aromatic carbocycles. The molecule has 26 heavy (non-hydrogen) atoms. The van der Waals surface area contributed by atoms with Crippen molar-refractivity contribution >= 4 is 10.9 Å². The summed E-state index contributed by atoms with van der Waals surface area (Å²) in [5.74, 6) is 3.43. The molecule has 0 atom stereocenters. The second kappa shape index (κ2) is 6.80. The average Bonchev–Trinajstić information content (AvgIpc) is 3.22. The molecule has 0 N–H and O–H groups in total. The Bertz CT molecular complexity index is 1020. The number of nitrogens with zero attached hydrogens (tertiary/aromatic N) is 1. The summed E-state index contributed by atoms with van der Waals surface area (Å²) in [5.41, 5.74) is 1.80. The summed E-state index contributed by atoms with van der Waals surface area (Å²) in [6, 6.07) is 17.0. The van der Waals surface area contributed by atoms with Gasteiger partial charge in [0.1, 0.15) is 28.8 Å². The summed E-state index contributed by atoms with van der Waals surface area (Å²) < 4.78 is 22.2. The first-order valence-electron chi connectivity index (χ1n) is 8.10. The van der Waals surface area contributed by atoms with Gasteiger partial charge in [0, 0.05) is 35.3 Å². The molecule has 0 aliphatic rings. The fraction of sp³-hybridized carbons (Fsp3) is 0.0952. The number of furan rings is 1. The second-order valence-corrected chi connectivity index (χ2v) is 5.67. The maximum atomic E-state index is 6.12. The molecular formula is C21H17NO4. The first-order valence-corrected chi connectivity index (χ1v) is 8.10. The fourth-order valence-corrected chi connectivity index (χ4v) is 2.77. The normalized spacial score (nSPS) is 10.7. The van der Waals surface area contributed by atoms with Crippen molar-refractivity contribution in [2.75, 3.05) is 14.2 Å². The molecule has 2 aromatic heterocycles. The van der Waals surface area contributed by atoms with Gasteiger partial charge < -0.3 is 18.6 Å². The minimum atomic E-state index is 0.622. The first kappa shape index (κ1) is 16.0. The van der Waals surface area contributed by atoms with Crippen LogP contribution in [-0.4, -0.2) is 19.2 Å². The SMILES string of the molecule is COc1cc(OC)cc(Oc2ccnc3ccc(-c4ccco4)cc23)c1. The summed E-state index contributed by atoms with van der Waals surface area (Å²) >= 11 is 0. The van der Waals surface area contributed by atoms with E-state index >= 15 is 0 Å². The van der Waals surface area contributed by atoms with Crippen molar-refractivity contribution in [3.63, 3.8) is 0 Å². The van der Waals surface area contributed by atoms with Crippen LogP contribution in [0.5, 0.6) is 23.0 Å². The van der Waals surface area contributed by atoms with Crippen molar-refractivity contribution in [2.24, 2.45) is 0 Å². The second-order valence-electron chi connectivity index (χ2n) is 5.67. The molecule has 5 nitrogen and oxygen atoms in total. The minimum absolute atomic E-state index is 0.622. The summed E-state index contributed by atoms with van der Waals surface area (Å²) in [5, 5.41) is 0.892. The Hall–Kier alpha value is -3.47. The molecule has 2 heterocycles. The monoisotopic (exact) mass is 347 g/mol. The van der Waals surface area contributed by atoms with E-state index in [0.29, 0.717) is 23.0 Å². The molecule has 5 heteroatoms. The standard InChI is InChI=1S/C21H17NO4/c1-23-15-11-16(24-2)13-17(12-15)26-21-7-8-22-19-6-5-14(10-18(19)21)20-4-3-9-25-20/h3-13H,1-2H3. The van der Waals surface area contributed by atoms with E-state index in [-0.39, 0.29) is 0 Å². The molecule has 0 saturated heterocycles. The quantitative estimate of drug-likeness (QED) is 0.490. The number of fused-ring (bicyclic) bond motifs is 1.